The molecule has 82 valence electrons. The third kappa shape index (κ3) is 4.36. The fraction of sp³-hybridized carbons (Fsp3) is 0.667. The molecule has 0 heterocycles. The predicted octanol–water partition coefficient (Wildman–Crippen LogP) is 0.0931. The molecule has 3 N–H and O–H groups in total. The topological polar surface area (TPSA) is 121 Å². The molecule has 0 fully saturated rings. The molecule has 0 saturated heterocycles. The average Bonchev–Trinajstić information content (AvgIpc) is 1.99. The minimum Gasteiger partial charge on any atom is -0.481 e. The van der Waals surface area contributed by atoms with E-state index in [1.807, 2.05) is 0 Å². The molecule has 0 aliphatic heterocycles. The molecule has 8 heteroatoms. The number of carboxylic acids is 2. The van der Waals surface area contributed by atoms with E-state index in [9.17, 15) is 14.2 Å². The van der Waals surface area contributed by atoms with Crippen LogP contribution in [0.5, 0.6) is 0 Å². The Morgan fingerprint density at radius 1 is 1.43 bits per heavy atom. The highest BCUT2D eigenvalue weighted by atomic mass is 31.1. The molecule has 0 spiro atoms. The molecule has 0 amide bonds. The Kier molecular flexibility index (Phi) is 4.76. The summed E-state index contributed by atoms with van der Waals surface area (Å²) in [5.74, 6) is -2.66. The first-order valence-corrected chi connectivity index (χ1v) is 4.91. The molecule has 0 rings (SSSR count). The lowest BCUT2D eigenvalue weighted by molar-refractivity contribution is -0.155. The Balaban J connectivity index is 4.47. The first-order valence-electron chi connectivity index (χ1n) is 3.65. The predicted molar refractivity (Wildman–Crippen MR) is 45.2 cm³/mol. The highest BCUT2D eigenvalue weighted by molar-refractivity contribution is 7.32. The number of carboxylic acid groups (broad SMARTS) is 2. The van der Waals surface area contributed by atoms with Gasteiger partial charge in [0, 0.05) is 6.42 Å². The summed E-state index contributed by atoms with van der Waals surface area (Å²) in [5, 5.41) is 17.0. The maximum Gasteiger partial charge on any atom is 0.336 e. The van der Waals surface area contributed by atoms with Gasteiger partial charge in [0.1, 0.15) is 0 Å². The van der Waals surface area contributed by atoms with E-state index in [1.165, 1.54) is 0 Å². The van der Waals surface area contributed by atoms with Gasteiger partial charge in [0.25, 0.3) is 0 Å². The van der Waals surface area contributed by atoms with Gasteiger partial charge in [-0.2, -0.15) is 0 Å². The highest BCUT2D eigenvalue weighted by Gasteiger charge is 2.36. The van der Waals surface area contributed by atoms with Gasteiger partial charge in [-0.05, 0) is 13.3 Å². The second kappa shape index (κ2) is 5.09. The summed E-state index contributed by atoms with van der Waals surface area (Å²) in [6.07, 6.45) is -0.813. The van der Waals surface area contributed by atoms with Gasteiger partial charge < -0.3 is 15.1 Å². The van der Waals surface area contributed by atoms with Crippen LogP contribution in [0.15, 0.2) is 0 Å². The van der Waals surface area contributed by atoms with Crippen LogP contribution in [-0.2, 0) is 18.7 Å². The van der Waals surface area contributed by atoms with E-state index in [0.717, 1.165) is 6.92 Å². The van der Waals surface area contributed by atoms with E-state index in [2.05, 4.69) is 4.52 Å². The van der Waals surface area contributed by atoms with E-state index in [-0.39, 0.29) is 6.42 Å². The molecule has 0 bridgehead atoms. The number of hydrogen-bond acceptors (Lipinski definition) is 4. The normalized spacial score (nSPS) is 17.0. The van der Waals surface area contributed by atoms with Crippen LogP contribution in [0, 0.1) is 0 Å². The first kappa shape index (κ1) is 13.1. The third-order valence-corrected chi connectivity index (χ3v) is 2.21. The van der Waals surface area contributed by atoms with Crippen molar-refractivity contribution in [2.75, 3.05) is 0 Å². The standard InChI is InChI=1S/C6H11O7P/c1-6(5(9)10,13-14(11)12)3-2-4(7)8/h14H,2-3H2,1H3,(H,7,8)(H,9,10)(H,11,12). The number of carbonyl (C=O) groups is 2. The van der Waals surface area contributed by atoms with E-state index < -0.39 is 32.2 Å². The van der Waals surface area contributed by atoms with Crippen molar-refractivity contribution in [1.82, 2.24) is 0 Å². The van der Waals surface area contributed by atoms with Crippen LogP contribution >= 0.6 is 8.25 Å². The molecule has 0 aromatic rings. The fourth-order valence-corrected chi connectivity index (χ4v) is 1.31. The molecule has 7 nitrogen and oxygen atoms in total. The van der Waals surface area contributed by atoms with E-state index in [4.69, 9.17) is 15.1 Å². The van der Waals surface area contributed by atoms with Gasteiger partial charge in [-0.15, -0.1) is 0 Å². The molecular formula is C6H11O7P. The zero-order valence-electron chi connectivity index (χ0n) is 7.39. The van der Waals surface area contributed by atoms with Gasteiger partial charge in [0.15, 0.2) is 5.60 Å². The number of hydrogen-bond donors (Lipinski definition) is 3. The smallest absolute Gasteiger partial charge is 0.336 e. The maximum absolute atomic E-state index is 10.6. The quantitative estimate of drug-likeness (QED) is 0.548. The molecule has 14 heavy (non-hydrogen) atoms. The van der Waals surface area contributed by atoms with Crippen LogP contribution in [0.4, 0.5) is 0 Å². The SMILES string of the molecule is CC(CCC(=O)O)(O[PH](=O)O)C(=O)O. The molecule has 2 unspecified atom stereocenters. The summed E-state index contributed by atoms with van der Waals surface area (Å²) in [7, 11) is -3.41. The van der Waals surface area contributed by atoms with Crippen molar-refractivity contribution >= 4 is 20.2 Å². The third-order valence-electron chi connectivity index (χ3n) is 1.58. The summed E-state index contributed by atoms with van der Waals surface area (Å²) in [4.78, 5) is 29.2. The van der Waals surface area contributed by atoms with Gasteiger partial charge >= 0.3 is 20.2 Å². The summed E-state index contributed by atoms with van der Waals surface area (Å²) in [6.45, 7) is 1.05. The molecule has 0 aliphatic carbocycles. The van der Waals surface area contributed by atoms with Crippen molar-refractivity contribution in [3.05, 3.63) is 0 Å². The van der Waals surface area contributed by atoms with Gasteiger partial charge in [0.05, 0.1) is 0 Å². The minimum absolute atomic E-state index is 0.366. The zero-order valence-corrected chi connectivity index (χ0v) is 8.39. The number of rotatable bonds is 6. The monoisotopic (exact) mass is 226 g/mol. The average molecular weight is 226 g/mol. The van der Waals surface area contributed by atoms with Crippen molar-refractivity contribution in [3.8, 4) is 0 Å². The highest BCUT2D eigenvalue weighted by Crippen LogP contribution is 2.29. The Morgan fingerprint density at radius 3 is 2.21 bits per heavy atom. The largest absolute Gasteiger partial charge is 0.481 e. The van der Waals surface area contributed by atoms with Gasteiger partial charge in [-0.3, -0.25) is 13.9 Å². The first-order chi connectivity index (χ1) is 6.28. The van der Waals surface area contributed by atoms with Crippen molar-refractivity contribution in [1.29, 1.82) is 0 Å². The van der Waals surface area contributed by atoms with Crippen LogP contribution in [0.25, 0.3) is 0 Å². The molecule has 0 aromatic carbocycles. The Labute approximate surface area is 80.3 Å². The summed E-state index contributed by atoms with van der Waals surface area (Å²) in [5.41, 5.74) is -1.93. The summed E-state index contributed by atoms with van der Waals surface area (Å²) in [6, 6.07) is 0. The molecule has 0 aliphatic rings. The molecule has 0 radical (unpaired) electrons. The van der Waals surface area contributed by atoms with Crippen molar-refractivity contribution in [2.45, 2.75) is 25.4 Å². The second-order valence-electron chi connectivity index (χ2n) is 2.80. The lowest BCUT2D eigenvalue weighted by atomic mass is 10.0. The summed E-state index contributed by atoms with van der Waals surface area (Å²) < 4.78 is 14.6. The minimum atomic E-state index is -3.41. The van der Waals surface area contributed by atoms with E-state index >= 15 is 0 Å². The van der Waals surface area contributed by atoms with Gasteiger partial charge in [-0.25, -0.2) is 4.79 Å². The number of aliphatic carboxylic acids is 2. The lowest BCUT2D eigenvalue weighted by Gasteiger charge is -2.22. The molecule has 2 atom stereocenters. The lowest BCUT2D eigenvalue weighted by Crippen LogP contribution is -2.36. The van der Waals surface area contributed by atoms with E-state index in [0.29, 0.717) is 0 Å². The molecule has 0 aromatic heterocycles. The van der Waals surface area contributed by atoms with Crippen LogP contribution in [0.1, 0.15) is 19.8 Å². The summed E-state index contributed by atoms with van der Waals surface area (Å²) >= 11 is 0. The Hall–Kier alpha value is -0.910. The maximum atomic E-state index is 10.6. The fourth-order valence-electron chi connectivity index (χ4n) is 0.740. The van der Waals surface area contributed by atoms with Crippen molar-refractivity contribution in [3.63, 3.8) is 0 Å². The second-order valence-corrected chi connectivity index (χ2v) is 3.53. The molecular weight excluding hydrogens is 215 g/mol. The van der Waals surface area contributed by atoms with Gasteiger partial charge in [-0.1, -0.05) is 0 Å². The Bertz CT molecular complexity index is 263. The Morgan fingerprint density at radius 2 is 1.93 bits per heavy atom. The zero-order chi connectivity index (χ0) is 11.4. The van der Waals surface area contributed by atoms with Crippen molar-refractivity contribution in [2.24, 2.45) is 0 Å². The van der Waals surface area contributed by atoms with Crippen LogP contribution in [0.3, 0.4) is 0 Å². The van der Waals surface area contributed by atoms with Crippen LogP contribution in [0.2, 0.25) is 0 Å². The van der Waals surface area contributed by atoms with Crippen LogP contribution in [-0.4, -0.2) is 32.6 Å². The van der Waals surface area contributed by atoms with Crippen molar-refractivity contribution < 1.29 is 33.8 Å². The van der Waals surface area contributed by atoms with Gasteiger partial charge in [0.2, 0.25) is 0 Å². The van der Waals surface area contributed by atoms with Crippen LogP contribution < -0.4 is 0 Å². The van der Waals surface area contributed by atoms with E-state index in [1.54, 1.807) is 0 Å². The molecule has 0 saturated carbocycles.